The fourth-order valence-electron chi connectivity index (χ4n) is 7.07. The molecule has 6 aromatic carbocycles. The molecule has 0 spiro atoms. The molecule has 1 aliphatic rings. The molecule has 8 heteroatoms. The first-order chi connectivity index (χ1) is 25.7. The number of benzene rings is 6. The minimum absolute atomic E-state index is 0. The average molecular weight is 891 g/mol. The molecule has 0 radical (unpaired) electrons. The summed E-state index contributed by atoms with van der Waals surface area (Å²) in [4.78, 5) is 8.85. The van der Waals surface area contributed by atoms with Gasteiger partial charge in [0.2, 0.25) is 0 Å². The second-order valence-corrected chi connectivity index (χ2v) is 14.1. The number of ether oxygens (including phenoxy) is 1. The van der Waals surface area contributed by atoms with Gasteiger partial charge < -0.3 is 19.1 Å². The van der Waals surface area contributed by atoms with Gasteiger partial charge in [0.15, 0.2) is 0 Å². The minimum Gasteiger partial charge on any atom is -0.509 e. The molecule has 0 amide bonds. The van der Waals surface area contributed by atoms with Gasteiger partial charge >= 0.3 is 0 Å². The standard InChI is InChI=1S/C46H33F2N4O.Pt/c1-46(2,3)31-21-22-49-45(25-31)52-41-16-7-5-14-38(41)39-20-19-36(28-44(39)52)53-35-12-10-11-34(27-35)50-29-51(43-18-9-8-17-42(43)50)40-15-6-4-13-37(40)30-23-32(47)26-33(48)24-30;/h4-26,29H,1-3H3;/q-3;. The van der Waals surface area contributed by atoms with E-state index in [1.54, 1.807) is 0 Å². The number of para-hydroxylation sites is 4. The van der Waals surface area contributed by atoms with Crippen molar-refractivity contribution in [1.82, 2.24) is 9.55 Å². The second kappa shape index (κ2) is 13.9. The molecule has 0 atom stereocenters. The van der Waals surface area contributed by atoms with Crippen molar-refractivity contribution in [3.05, 3.63) is 176 Å². The van der Waals surface area contributed by atoms with Crippen molar-refractivity contribution < 1.29 is 34.6 Å². The van der Waals surface area contributed by atoms with Crippen LogP contribution in [0, 0.1) is 30.4 Å². The van der Waals surface area contributed by atoms with Gasteiger partial charge in [-0.3, -0.25) is 0 Å². The largest absolute Gasteiger partial charge is 0.509 e. The molecule has 0 bridgehead atoms. The third-order valence-corrected chi connectivity index (χ3v) is 9.60. The molecule has 0 saturated heterocycles. The first kappa shape index (κ1) is 35.3. The summed E-state index contributed by atoms with van der Waals surface area (Å²) in [6.07, 6.45) is 1.87. The van der Waals surface area contributed by atoms with Crippen LogP contribution in [0.1, 0.15) is 26.3 Å². The van der Waals surface area contributed by atoms with E-state index in [-0.39, 0.29) is 26.5 Å². The van der Waals surface area contributed by atoms with Crippen LogP contribution in [0.3, 0.4) is 0 Å². The van der Waals surface area contributed by atoms with Gasteiger partial charge in [-0.05, 0) is 70.5 Å². The first-order valence-electron chi connectivity index (χ1n) is 17.4. The number of anilines is 4. The van der Waals surface area contributed by atoms with E-state index in [0.717, 1.165) is 56.4 Å². The molecule has 0 aliphatic carbocycles. The number of hydrogen-bond acceptors (Lipinski definition) is 4. The molecule has 5 nitrogen and oxygen atoms in total. The molecule has 0 unspecified atom stereocenters. The Labute approximate surface area is 327 Å². The third kappa shape index (κ3) is 6.33. The van der Waals surface area contributed by atoms with Crippen LogP contribution >= 0.6 is 0 Å². The summed E-state index contributed by atoms with van der Waals surface area (Å²) in [7, 11) is 0. The van der Waals surface area contributed by atoms with Crippen molar-refractivity contribution in [2.45, 2.75) is 26.2 Å². The van der Waals surface area contributed by atoms with Crippen molar-refractivity contribution in [3.63, 3.8) is 0 Å². The summed E-state index contributed by atoms with van der Waals surface area (Å²) in [5, 5.41) is 2.16. The topological polar surface area (TPSA) is 33.5 Å². The molecule has 270 valence electrons. The van der Waals surface area contributed by atoms with Crippen LogP contribution in [0.15, 0.2) is 140 Å². The van der Waals surface area contributed by atoms with Crippen molar-refractivity contribution >= 4 is 44.6 Å². The molecule has 9 rings (SSSR count). The smallest absolute Gasteiger partial charge is 0.135 e. The third-order valence-electron chi connectivity index (χ3n) is 9.60. The van der Waals surface area contributed by atoms with Gasteiger partial charge in [-0.2, -0.15) is 12.1 Å². The van der Waals surface area contributed by atoms with Crippen LogP contribution in [-0.4, -0.2) is 9.55 Å². The molecule has 3 heterocycles. The van der Waals surface area contributed by atoms with Gasteiger partial charge in [-0.1, -0.05) is 74.8 Å². The number of hydrogen-bond donors (Lipinski definition) is 0. The fraction of sp³-hybridized carbons (Fsp3) is 0.0870. The summed E-state index contributed by atoms with van der Waals surface area (Å²) in [5.41, 5.74) is 7.58. The van der Waals surface area contributed by atoms with Crippen LogP contribution in [-0.2, 0) is 26.5 Å². The minimum atomic E-state index is -0.627. The van der Waals surface area contributed by atoms with Crippen molar-refractivity contribution in [2.24, 2.45) is 0 Å². The second-order valence-electron chi connectivity index (χ2n) is 14.1. The molecule has 0 saturated carbocycles. The zero-order chi connectivity index (χ0) is 36.3. The molecule has 1 aliphatic heterocycles. The van der Waals surface area contributed by atoms with E-state index in [4.69, 9.17) is 9.72 Å². The SMILES string of the molecule is CC(C)(C)c1ccnc(-n2c3[c-]c(Oc4[c-]c(N5[CH-]N(c6ccccc6-c6cc(F)cc(F)c6)c6ccccc65)ccc4)ccc3c3ccccc32)c1.[Pt]. The predicted octanol–water partition coefficient (Wildman–Crippen LogP) is 12.2. The number of aromatic nitrogens is 2. The molecular weight excluding hydrogens is 858 g/mol. The van der Waals surface area contributed by atoms with E-state index in [2.05, 4.69) is 67.8 Å². The van der Waals surface area contributed by atoms with E-state index in [1.807, 2.05) is 108 Å². The Bertz CT molecular complexity index is 2660. The van der Waals surface area contributed by atoms with E-state index < -0.39 is 11.6 Å². The molecular formula is C46H33F2N4OPt-3. The van der Waals surface area contributed by atoms with Gasteiger partial charge in [-0.15, -0.1) is 48.1 Å². The summed E-state index contributed by atoms with van der Waals surface area (Å²) in [6.45, 7) is 8.56. The maximum Gasteiger partial charge on any atom is 0.135 e. The monoisotopic (exact) mass is 890 g/mol. The summed E-state index contributed by atoms with van der Waals surface area (Å²) in [6, 6.07) is 48.5. The molecule has 2 aromatic heterocycles. The van der Waals surface area contributed by atoms with Crippen LogP contribution < -0.4 is 14.5 Å². The van der Waals surface area contributed by atoms with E-state index in [0.29, 0.717) is 22.6 Å². The zero-order valence-corrected chi connectivity index (χ0v) is 31.9. The Morgan fingerprint density at radius 3 is 2.11 bits per heavy atom. The Balaban J connectivity index is 0.00000413. The molecule has 0 N–H and O–H groups in total. The maximum atomic E-state index is 14.3. The normalized spacial score (nSPS) is 12.6. The van der Waals surface area contributed by atoms with Gasteiger partial charge in [0.05, 0.1) is 0 Å². The summed E-state index contributed by atoms with van der Waals surface area (Å²) in [5.74, 6) is 0.637. The van der Waals surface area contributed by atoms with E-state index in [1.165, 1.54) is 17.7 Å². The predicted molar refractivity (Wildman–Crippen MR) is 208 cm³/mol. The van der Waals surface area contributed by atoms with Crippen LogP contribution in [0.2, 0.25) is 0 Å². The van der Waals surface area contributed by atoms with Crippen LogP contribution in [0.25, 0.3) is 38.8 Å². The van der Waals surface area contributed by atoms with Crippen LogP contribution in [0.4, 0.5) is 31.5 Å². The Morgan fingerprint density at radius 1 is 0.648 bits per heavy atom. The van der Waals surface area contributed by atoms with Crippen molar-refractivity contribution in [1.29, 1.82) is 0 Å². The summed E-state index contributed by atoms with van der Waals surface area (Å²) >= 11 is 0. The van der Waals surface area contributed by atoms with Gasteiger partial charge in [-0.25, -0.2) is 13.8 Å². The van der Waals surface area contributed by atoms with E-state index in [9.17, 15) is 8.78 Å². The number of rotatable bonds is 6. The fourth-order valence-corrected chi connectivity index (χ4v) is 7.07. The molecule has 0 fully saturated rings. The summed E-state index contributed by atoms with van der Waals surface area (Å²) < 4.78 is 37.3. The van der Waals surface area contributed by atoms with Crippen molar-refractivity contribution in [3.8, 4) is 28.4 Å². The Kier molecular flexibility index (Phi) is 9.07. The quantitative estimate of drug-likeness (QED) is 0.156. The Morgan fingerprint density at radius 2 is 1.33 bits per heavy atom. The Hall–Kier alpha value is -5.78. The maximum absolute atomic E-state index is 14.3. The average Bonchev–Trinajstić information content (AvgIpc) is 3.70. The molecule has 54 heavy (non-hydrogen) atoms. The van der Waals surface area contributed by atoms with Gasteiger partial charge in [0.1, 0.15) is 17.5 Å². The number of pyridine rings is 1. The zero-order valence-electron chi connectivity index (χ0n) is 29.6. The first-order valence-corrected chi connectivity index (χ1v) is 17.4. The molecule has 8 aromatic rings. The number of nitrogens with zero attached hydrogens (tertiary/aromatic N) is 4. The number of fused-ring (bicyclic) bond motifs is 4. The van der Waals surface area contributed by atoms with Crippen LogP contribution in [0.5, 0.6) is 11.5 Å². The number of halogens is 2. The van der Waals surface area contributed by atoms with Gasteiger partial charge in [0, 0.05) is 73.0 Å². The van der Waals surface area contributed by atoms with E-state index >= 15 is 0 Å². The van der Waals surface area contributed by atoms with Crippen molar-refractivity contribution in [2.75, 3.05) is 9.80 Å². The van der Waals surface area contributed by atoms with Gasteiger partial charge in [0.25, 0.3) is 0 Å².